The first kappa shape index (κ1) is 16.4. The standard InChI is InChI=1S/C13H11BrN6O3/c1-4-7(9-6(3-15)12(16)19-13(17)18-9)11(21)8(14)5(2)10(4)20(22)23/h21H,1-2H3,(H4,16,17,18,19). The molecule has 2 aromatic rings. The van der Waals surface area contributed by atoms with Crippen LogP contribution in [0.1, 0.15) is 16.7 Å². The molecule has 1 aromatic heterocycles. The zero-order valence-corrected chi connectivity index (χ0v) is 13.7. The fourth-order valence-electron chi connectivity index (χ4n) is 2.32. The monoisotopic (exact) mass is 378 g/mol. The highest BCUT2D eigenvalue weighted by Crippen LogP contribution is 2.46. The van der Waals surface area contributed by atoms with Crippen LogP contribution in [0.25, 0.3) is 11.3 Å². The van der Waals surface area contributed by atoms with E-state index in [1.165, 1.54) is 13.8 Å². The summed E-state index contributed by atoms with van der Waals surface area (Å²) in [5.74, 6) is -0.678. The Labute approximate surface area is 138 Å². The molecule has 9 nitrogen and oxygen atoms in total. The van der Waals surface area contributed by atoms with Crippen molar-refractivity contribution in [2.45, 2.75) is 13.8 Å². The van der Waals surface area contributed by atoms with E-state index in [1.807, 2.05) is 6.07 Å². The first-order valence-corrected chi connectivity index (χ1v) is 6.99. The van der Waals surface area contributed by atoms with Gasteiger partial charge >= 0.3 is 0 Å². The minimum absolute atomic E-state index is 0.00604. The lowest BCUT2D eigenvalue weighted by Crippen LogP contribution is -2.07. The van der Waals surface area contributed by atoms with Gasteiger partial charge in [0.1, 0.15) is 28.9 Å². The quantitative estimate of drug-likeness (QED) is 0.527. The van der Waals surface area contributed by atoms with E-state index in [1.54, 1.807) is 0 Å². The molecular weight excluding hydrogens is 368 g/mol. The molecule has 2 rings (SSSR count). The Bertz CT molecular complexity index is 891. The molecular formula is C13H11BrN6O3. The van der Waals surface area contributed by atoms with E-state index < -0.39 is 4.92 Å². The second-order valence-corrected chi connectivity index (χ2v) is 5.49. The summed E-state index contributed by atoms with van der Waals surface area (Å²) in [6.07, 6.45) is 0. The van der Waals surface area contributed by atoms with Crippen molar-refractivity contribution in [2.75, 3.05) is 11.5 Å². The number of phenolic OH excluding ortho intramolecular Hbond substituents is 1. The van der Waals surface area contributed by atoms with Crippen molar-refractivity contribution in [2.24, 2.45) is 0 Å². The molecule has 0 radical (unpaired) electrons. The molecule has 0 unspecified atom stereocenters. The summed E-state index contributed by atoms with van der Waals surface area (Å²) >= 11 is 3.12. The van der Waals surface area contributed by atoms with Crippen LogP contribution < -0.4 is 11.5 Å². The third-order valence-corrected chi connectivity index (χ3v) is 4.32. The van der Waals surface area contributed by atoms with Crippen LogP contribution >= 0.6 is 15.9 Å². The third-order valence-electron chi connectivity index (χ3n) is 3.34. The van der Waals surface area contributed by atoms with Crippen LogP contribution in [0.3, 0.4) is 0 Å². The highest BCUT2D eigenvalue weighted by atomic mass is 79.9. The molecule has 0 aliphatic carbocycles. The first-order valence-electron chi connectivity index (χ1n) is 6.20. The second-order valence-electron chi connectivity index (χ2n) is 4.70. The van der Waals surface area contributed by atoms with Crippen molar-refractivity contribution < 1.29 is 10.0 Å². The number of nitrogen functional groups attached to an aromatic ring is 2. The number of nitrogens with zero attached hydrogens (tertiary/aromatic N) is 4. The predicted molar refractivity (Wildman–Crippen MR) is 86.5 cm³/mol. The molecule has 1 aromatic carbocycles. The Balaban J connectivity index is 3.02. The summed E-state index contributed by atoms with van der Waals surface area (Å²) in [6.45, 7) is 2.94. The maximum absolute atomic E-state index is 11.3. The van der Waals surface area contributed by atoms with Crippen molar-refractivity contribution in [3.05, 3.63) is 31.3 Å². The number of anilines is 2. The van der Waals surface area contributed by atoms with Gasteiger partial charge in [-0.05, 0) is 29.8 Å². The number of aromatic nitrogens is 2. The SMILES string of the molecule is Cc1c(Br)c(O)c(-c2nc(N)nc(N)c2C#N)c(C)c1[N+](=O)[O-]. The van der Waals surface area contributed by atoms with Crippen LogP contribution in [0.4, 0.5) is 17.5 Å². The lowest BCUT2D eigenvalue weighted by Gasteiger charge is -2.14. The molecule has 0 spiro atoms. The van der Waals surface area contributed by atoms with E-state index in [4.69, 9.17) is 11.5 Å². The van der Waals surface area contributed by atoms with Gasteiger partial charge in [0.05, 0.1) is 15.0 Å². The van der Waals surface area contributed by atoms with Crippen molar-refractivity contribution in [1.29, 1.82) is 5.26 Å². The number of rotatable bonds is 2. The van der Waals surface area contributed by atoms with E-state index in [2.05, 4.69) is 25.9 Å². The Morgan fingerprint density at radius 2 is 1.91 bits per heavy atom. The van der Waals surface area contributed by atoms with Gasteiger partial charge in [-0.25, -0.2) is 4.98 Å². The van der Waals surface area contributed by atoms with Crippen LogP contribution in [0, 0.1) is 35.3 Å². The average molecular weight is 379 g/mol. The van der Waals surface area contributed by atoms with E-state index >= 15 is 0 Å². The predicted octanol–water partition coefficient (Wildman–Crippen LogP) is 2.17. The Morgan fingerprint density at radius 3 is 2.43 bits per heavy atom. The molecule has 0 fully saturated rings. The average Bonchev–Trinajstić information content (AvgIpc) is 2.44. The van der Waals surface area contributed by atoms with Crippen molar-refractivity contribution in [3.8, 4) is 23.1 Å². The molecule has 1 heterocycles. The van der Waals surface area contributed by atoms with Gasteiger partial charge in [-0.15, -0.1) is 0 Å². The summed E-state index contributed by atoms with van der Waals surface area (Å²) < 4.78 is 0.129. The number of nitriles is 1. The number of phenols is 1. The molecule has 0 atom stereocenters. The lowest BCUT2D eigenvalue weighted by atomic mass is 9.96. The summed E-state index contributed by atoms with van der Waals surface area (Å²) in [7, 11) is 0. The summed E-state index contributed by atoms with van der Waals surface area (Å²) in [6, 6.07) is 1.82. The van der Waals surface area contributed by atoms with Gasteiger partial charge in [-0.3, -0.25) is 10.1 Å². The number of nitro groups is 1. The van der Waals surface area contributed by atoms with Gasteiger partial charge in [0.25, 0.3) is 5.69 Å². The maximum atomic E-state index is 11.3. The number of hydrogen-bond donors (Lipinski definition) is 3. The third kappa shape index (κ3) is 2.51. The molecule has 5 N–H and O–H groups in total. The molecule has 0 saturated heterocycles. The normalized spacial score (nSPS) is 10.3. The van der Waals surface area contributed by atoms with Crippen molar-refractivity contribution >= 4 is 33.4 Å². The van der Waals surface area contributed by atoms with Crippen LogP contribution in [0.5, 0.6) is 5.75 Å². The molecule has 0 saturated carbocycles. The molecule has 10 heteroatoms. The smallest absolute Gasteiger partial charge is 0.277 e. The fraction of sp³-hybridized carbons (Fsp3) is 0.154. The number of halogens is 1. The number of nitro benzene ring substituents is 1. The Hall–Kier alpha value is -2.93. The van der Waals surface area contributed by atoms with Crippen LogP contribution in [-0.2, 0) is 0 Å². The second kappa shape index (κ2) is 5.69. The minimum atomic E-state index is -0.571. The first-order chi connectivity index (χ1) is 10.7. The Morgan fingerprint density at radius 1 is 1.30 bits per heavy atom. The zero-order valence-electron chi connectivity index (χ0n) is 12.1. The van der Waals surface area contributed by atoms with Crippen LogP contribution in [-0.4, -0.2) is 20.0 Å². The van der Waals surface area contributed by atoms with E-state index in [9.17, 15) is 20.5 Å². The van der Waals surface area contributed by atoms with Crippen LogP contribution in [0.2, 0.25) is 0 Å². The van der Waals surface area contributed by atoms with Gasteiger partial charge in [-0.2, -0.15) is 10.2 Å². The maximum Gasteiger partial charge on any atom is 0.277 e. The van der Waals surface area contributed by atoms with E-state index in [0.29, 0.717) is 0 Å². The fourth-order valence-corrected chi connectivity index (χ4v) is 2.71. The zero-order chi connectivity index (χ0) is 17.5. The topological polar surface area (TPSA) is 165 Å². The van der Waals surface area contributed by atoms with Gasteiger partial charge in [0.2, 0.25) is 5.95 Å². The highest BCUT2D eigenvalue weighted by Gasteiger charge is 2.29. The molecule has 0 aliphatic rings. The van der Waals surface area contributed by atoms with Crippen molar-refractivity contribution in [1.82, 2.24) is 9.97 Å². The van der Waals surface area contributed by atoms with E-state index in [-0.39, 0.29) is 55.6 Å². The molecule has 118 valence electrons. The lowest BCUT2D eigenvalue weighted by molar-refractivity contribution is -0.386. The van der Waals surface area contributed by atoms with Gasteiger partial charge < -0.3 is 16.6 Å². The molecule has 0 aliphatic heterocycles. The summed E-state index contributed by atoms with van der Waals surface area (Å²) in [5.41, 5.74) is 11.2. The molecule has 0 amide bonds. The van der Waals surface area contributed by atoms with Gasteiger partial charge in [0.15, 0.2) is 0 Å². The largest absolute Gasteiger partial charge is 0.506 e. The summed E-state index contributed by atoms with van der Waals surface area (Å²) in [4.78, 5) is 18.4. The highest BCUT2D eigenvalue weighted by molar-refractivity contribution is 9.10. The van der Waals surface area contributed by atoms with Gasteiger partial charge in [0, 0.05) is 11.1 Å². The number of hydrogen-bond acceptors (Lipinski definition) is 8. The summed E-state index contributed by atoms with van der Waals surface area (Å²) in [5, 5.41) is 31.0. The van der Waals surface area contributed by atoms with Crippen LogP contribution in [0.15, 0.2) is 4.47 Å². The van der Waals surface area contributed by atoms with Crippen molar-refractivity contribution in [3.63, 3.8) is 0 Å². The minimum Gasteiger partial charge on any atom is -0.506 e. The number of benzene rings is 1. The Kier molecular flexibility index (Phi) is 4.07. The molecule has 23 heavy (non-hydrogen) atoms. The molecule has 0 bridgehead atoms. The van der Waals surface area contributed by atoms with Gasteiger partial charge in [-0.1, -0.05) is 0 Å². The van der Waals surface area contributed by atoms with E-state index in [0.717, 1.165) is 0 Å². The number of nitrogens with two attached hydrogens (primary N) is 2. The number of aromatic hydroxyl groups is 1.